The first kappa shape index (κ1) is 21.0. The quantitative estimate of drug-likeness (QED) is 0.728. The molecule has 0 radical (unpaired) electrons. The van der Waals surface area contributed by atoms with E-state index in [1.165, 1.54) is 6.92 Å². The Morgan fingerprint density at radius 2 is 1.83 bits per heavy atom. The molecule has 162 valence electrons. The number of hydrogen-bond acceptors (Lipinski definition) is 5. The average Bonchev–Trinajstić information content (AvgIpc) is 2.97. The minimum atomic E-state index is -0.433. The van der Waals surface area contributed by atoms with Gasteiger partial charge in [0.1, 0.15) is 12.4 Å². The molecule has 4 saturated carbocycles. The van der Waals surface area contributed by atoms with Crippen LogP contribution < -0.4 is 0 Å². The van der Waals surface area contributed by atoms with E-state index in [-0.39, 0.29) is 41.2 Å². The van der Waals surface area contributed by atoms with E-state index in [2.05, 4.69) is 20.8 Å². The van der Waals surface area contributed by atoms with Crippen LogP contribution in [0, 0.1) is 46.3 Å². The van der Waals surface area contributed by atoms with Gasteiger partial charge in [-0.15, -0.1) is 0 Å². The molecule has 9 atom stereocenters. The van der Waals surface area contributed by atoms with Gasteiger partial charge in [-0.25, -0.2) is 0 Å². The zero-order chi connectivity index (χ0) is 21.1. The smallest absolute Gasteiger partial charge is 0.303 e. The number of Topliss-reactive ketones (excluding diaryl/α,β-unsaturated/α-hetero) is 2. The number of rotatable bonds is 3. The first-order valence-corrected chi connectivity index (χ1v) is 11.4. The third-order valence-electron chi connectivity index (χ3n) is 9.49. The van der Waals surface area contributed by atoms with E-state index in [1.54, 1.807) is 0 Å². The first-order valence-electron chi connectivity index (χ1n) is 11.4. The number of ketones is 2. The van der Waals surface area contributed by atoms with E-state index in [0.717, 1.165) is 38.5 Å². The first-order chi connectivity index (χ1) is 13.6. The maximum absolute atomic E-state index is 13.6. The summed E-state index contributed by atoms with van der Waals surface area (Å²) in [4.78, 5) is 37.6. The molecule has 1 N–H and O–H groups in total. The normalized spacial score (nSPS) is 49.0. The highest BCUT2D eigenvalue weighted by atomic mass is 16.5. The Morgan fingerprint density at radius 1 is 1.10 bits per heavy atom. The maximum Gasteiger partial charge on any atom is 0.303 e. The monoisotopic (exact) mass is 404 g/mol. The molecule has 0 unspecified atom stereocenters. The number of aliphatic hydroxyl groups excluding tert-OH is 1. The Kier molecular flexibility index (Phi) is 5.20. The van der Waals surface area contributed by atoms with Crippen LogP contribution in [0.1, 0.15) is 72.6 Å². The molecule has 0 saturated heterocycles. The molecule has 0 aromatic rings. The van der Waals surface area contributed by atoms with Crippen molar-refractivity contribution in [3.05, 3.63) is 0 Å². The van der Waals surface area contributed by atoms with Gasteiger partial charge in [0.25, 0.3) is 0 Å². The molecule has 0 bridgehead atoms. The molecular weight excluding hydrogens is 368 g/mol. The number of carbonyl (C=O) groups is 3. The van der Waals surface area contributed by atoms with E-state index in [0.29, 0.717) is 35.9 Å². The molecule has 0 aliphatic heterocycles. The lowest BCUT2D eigenvalue weighted by atomic mass is 9.42. The SMILES string of the molecule is CC(=O)OCC(=O)[C@H]1CC[C@H]2[C@@H]3C[C@H](C)[C@@H]4C[C@H](O)CC[C@]4(C)[C@H]3C(=O)C[C@]12C. The Morgan fingerprint density at radius 3 is 2.52 bits per heavy atom. The lowest BCUT2D eigenvalue weighted by Crippen LogP contribution is -2.60. The predicted molar refractivity (Wildman–Crippen MR) is 108 cm³/mol. The van der Waals surface area contributed by atoms with Crippen molar-refractivity contribution in [3.8, 4) is 0 Å². The van der Waals surface area contributed by atoms with Crippen molar-refractivity contribution >= 4 is 17.5 Å². The van der Waals surface area contributed by atoms with E-state index in [9.17, 15) is 19.5 Å². The summed E-state index contributed by atoms with van der Waals surface area (Å²) < 4.78 is 4.99. The molecule has 4 aliphatic carbocycles. The molecule has 29 heavy (non-hydrogen) atoms. The van der Waals surface area contributed by atoms with Crippen molar-refractivity contribution < 1.29 is 24.2 Å². The van der Waals surface area contributed by atoms with Crippen molar-refractivity contribution in [3.63, 3.8) is 0 Å². The molecule has 0 aromatic heterocycles. The van der Waals surface area contributed by atoms with Crippen molar-refractivity contribution in [2.75, 3.05) is 6.61 Å². The Balaban J connectivity index is 1.62. The van der Waals surface area contributed by atoms with Crippen molar-refractivity contribution in [1.29, 1.82) is 0 Å². The minimum absolute atomic E-state index is 0.0230. The van der Waals surface area contributed by atoms with Gasteiger partial charge in [-0.3, -0.25) is 14.4 Å². The molecule has 5 nitrogen and oxygen atoms in total. The van der Waals surface area contributed by atoms with Crippen molar-refractivity contribution in [2.45, 2.75) is 78.7 Å². The van der Waals surface area contributed by atoms with Gasteiger partial charge in [0.15, 0.2) is 5.78 Å². The number of hydrogen-bond donors (Lipinski definition) is 1. The molecule has 5 heteroatoms. The van der Waals surface area contributed by atoms with Crippen LogP contribution in [0.3, 0.4) is 0 Å². The predicted octanol–water partition coefficient (Wildman–Crippen LogP) is 3.56. The lowest BCUT2D eigenvalue weighted by molar-refractivity contribution is -0.170. The van der Waals surface area contributed by atoms with Crippen LogP contribution in [-0.2, 0) is 19.1 Å². The van der Waals surface area contributed by atoms with E-state index in [4.69, 9.17) is 4.74 Å². The highest BCUT2D eigenvalue weighted by Gasteiger charge is 2.65. The standard InChI is InChI=1S/C24H36O5/c1-13-9-16-17-5-6-18(21(28)12-29-14(2)25)24(17,4)11-20(27)22(16)23(3)8-7-15(26)10-19(13)23/h13,15-19,22,26H,5-12H2,1-4H3/t13-,15+,16-,17-,18+,19-,22+,23-,24-/m0/s1. The molecule has 0 heterocycles. The largest absolute Gasteiger partial charge is 0.458 e. The van der Waals surface area contributed by atoms with Gasteiger partial charge >= 0.3 is 5.97 Å². The van der Waals surface area contributed by atoms with Crippen LogP contribution in [0.5, 0.6) is 0 Å². The van der Waals surface area contributed by atoms with E-state index >= 15 is 0 Å². The summed E-state index contributed by atoms with van der Waals surface area (Å²) in [5.74, 6) is 1.36. The zero-order valence-electron chi connectivity index (χ0n) is 18.3. The molecule has 4 fully saturated rings. The average molecular weight is 405 g/mol. The van der Waals surface area contributed by atoms with Gasteiger partial charge < -0.3 is 9.84 Å². The summed E-state index contributed by atoms with van der Waals surface area (Å²) in [6, 6.07) is 0. The Bertz CT molecular complexity index is 716. The molecule has 4 aliphatic rings. The van der Waals surface area contributed by atoms with E-state index < -0.39 is 5.97 Å². The van der Waals surface area contributed by atoms with Crippen LogP contribution in [-0.4, -0.2) is 35.4 Å². The summed E-state index contributed by atoms with van der Waals surface area (Å²) in [5.41, 5.74) is -0.341. The zero-order valence-corrected chi connectivity index (χ0v) is 18.3. The van der Waals surface area contributed by atoms with Gasteiger partial charge in [0.2, 0.25) is 0 Å². The van der Waals surface area contributed by atoms with Crippen LogP contribution in [0.2, 0.25) is 0 Å². The molecule has 0 aromatic carbocycles. The Hall–Kier alpha value is -1.23. The maximum atomic E-state index is 13.6. The van der Waals surface area contributed by atoms with Gasteiger partial charge in [0, 0.05) is 25.2 Å². The highest BCUT2D eigenvalue weighted by Crippen LogP contribution is 2.67. The van der Waals surface area contributed by atoms with Gasteiger partial charge in [0.05, 0.1) is 6.10 Å². The van der Waals surface area contributed by atoms with Crippen molar-refractivity contribution in [1.82, 2.24) is 0 Å². The Labute approximate surface area is 174 Å². The number of carbonyl (C=O) groups excluding carboxylic acids is 3. The van der Waals surface area contributed by atoms with Crippen LogP contribution in [0.15, 0.2) is 0 Å². The van der Waals surface area contributed by atoms with Crippen LogP contribution in [0.25, 0.3) is 0 Å². The fourth-order valence-electron chi connectivity index (χ4n) is 8.34. The fraction of sp³-hybridized carbons (Fsp3) is 0.875. The van der Waals surface area contributed by atoms with Gasteiger partial charge in [-0.05, 0) is 73.0 Å². The number of esters is 1. The molecular formula is C24H36O5. The second kappa shape index (κ2) is 7.18. The summed E-state index contributed by atoms with van der Waals surface area (Å²) in [5, 5.41) is 10.3. The lowest BCUT2D eigenvalue weighted by Gasteiger charge is -2.61. The summed E-state index contributed by atoms with van der Waals surface area (Å²) in [7, 11) is 0. The third-order valence-corrected chi connectivity index (χ3v) is 9.49. The second-order valence-corrected chi connectivity index (χ2v) is 11.0. The topological polar surface area (TPSA) is 80.7 Å². The van der Waals surface area contributed by atoms with Crippen LogP contribution in [0.4, 0.5) is 0 Å². The van der Waals surface area contributed by atoms with E-state index in [1.807, 2.05) is 0 Å². The molecule has 0 amide bonds. The molecule has 4 rings (SSSR count). The number of ether oxygens (including phenoxy) is 1. The van der Waals surface area contributed by atoms with Gasteiger partial charge in [-0.1, -0.05) is 20.8 Å². The minimum Gasteiger partial charge on any atom is -0.458 e. The van der Waals surface area contributed by atoms with Crippen molar-refractivity contribution in [2.24, 2.45) is 46.3 Å². The third kappa shape index (κ3) is 3.19. The second-order valence-electron chi connectivity index (χ2n) is 11.0. The summed E-state index contributed by atoms with van der Waals surface area (Å²) >= 11 is 0. The van der Waals surface area contributed by atoms with Gasteiger partial charge in [-0.2, -0.15) is 0 Å². The fourth-order valence-corrected chi connectivity index (χ4v) is 8.34. The van der Waals surface area contributed by atoms with Crippen LogP contribution >= 0.6 is 0 Å². The molecule has 0 spiro atoms. The summed E-state index contributed by atoms with van der Waals surface area (Å²) in [6.45, 7) is 7.89. The summed E-state index contributed by atoms with van der Waals surface area (Å²) in [6.07, 6.45) is 5.58. The number of aliphatic hydroxyl groups is 1. The highest BCUT2D eigenvalue weighted by molar-refractivity contribution is 5.89. The number of fused-ring (bicyclic) bond motifs is 5.